The Morgan fingerprint density at radius 1 is 1.00 bits per heavy atom. The van der Waals surface area contributed by atoms with Crippen molar-refractivity contribution in [3.8, 4) is 0 Å². The van der Waals surface area contributed by atoms with E-state index in [-0.39, 0.29) is 11.6 Å². The van der Waals surface area contributed by atoms with Crippen molar-refractivity contribution >= 4 is 46.4 Å². The van der Waals surface area contributed by atoms with E-state index in [1.165, 1.54) is 4.90 Å². The molecule has 0 saturated heterocycles. The summed E-state index contributed by atoms with van der Waals surface area (Å²) in [5.41, 5.74) is 1.08. The Hall–Kier alpha value is -2.27. The first kappa shape index (κ1) is 19.5. The Bertz CT molecular complexity index is 932. The minimum atomic E-state index is -0.314. The Morgan fingerprint density at radius 3 is 2.52 bits per heavy atom. The van der Waals surface area contributed by atoms with E-state index in [2.05, 4.69) is 22.6 Å². The van der Waals surface area contributed by atoms with E-state index in [0.717, 1.165) is 21.7 Å². The number of oxime groups is 1. The molecule has 0 saturated carbocycles. The third-order valence-electron chi connectivity index (χ3n) is 3.94. The van der Waals surface area contributed by atoms with Crippen molar-refractivity contribution < 1.29 is 10.0 Å². The number of hydrogen-bond acceptors (Lipinski definition) is 4. The average molecular weight is 443 g/mol. The molecule has 0 aliphatic rings. The van der Waals surface area contributed by atoms with E-state index in [9.17, 15) is 10.0 Å². The molecule has 0 aliphatic carbocycles. The SMILES string of the molecule is O=C(NCC[Se]Sc1ccccc1)/C(Cc1ccc2ccccc2c1)=N/O. The first-order valence-electron chi connectivity index (χ1n) is 8.57. The number of nitrogens with zero attached hydrogens (tertiary/aromatic N) is 1. The molecular weight excluding hydrogens is 423 g/mol. The fraction of sp³-hybridized carbons (Fsp3) is 0.143. The Kier molecular flexibility index (Phi) is 7.34. The quantitative estimate of drug-likeness (QED) is 0.181. The third kappa shape index (κ3) is 5.86. The summed E-state index contributed by atoms with van der Waals surface area (Å²) in [5.74, 6) is -0.314. The van der Waals surface area contributed by atoms with Crippen LogP contribution in [0.15, 0.2) is 82.8 Å². The zero-order chi connectivity index (χ0) is 18.9. The van der Waals surface area contributed by atoms with Gasteiger partial charge in [-0.1, -0.05) is 0 Å². The van der Waals surface area contributed by atoms with Crippen molar-refractivity contribution in [2.75, 3.05) is 6.54 Å². The summed E-state index contributed by atoms with van der Waals surface area (Å²) in [4.78, 5) is 13.5. The average Bonchev–Trinajstić information content (AvgIpc) is 2.72. The number of benzene rings is 3. The second-order valence-electron chi connectivity index (χ2n) is 5.88. The topological polar surface area (TPSA) is 61.7 Å². The second-order valence-corrected chi connectivity index (χ2v) is 10.1. The van der Waals surface area contributed by atoms with Crippen LogP contribution in [0.4, 0.5) is 0 Å². The molecule has 27 heavy (non-hydrogen) atoms. The van der Waals surface area contributed by atoms with Gasteiger partial charge in [0.15, 0.2) is 0 Å². The van der Waals surface area contributed by atoms with E-state index in [1.807, 2.05) is 70.8 Å². The molecule has 0 aromatic heterocycles. The number of carbonyl (C=O) groups excluding carboxylic acids is 1. The molecule has 2 N–H and O–H groups in total. The van der Waals surface area contributed by atoms with Crippen LogP contribution in [0.1, 0.15) is 5.56 Å². The summed E-state index contributed by atoms with van der Waals surface area (Å²) in [6.45, 7) is 0.579. The molecule has 138 valence electrons. The monoisotopic (exact) mass is 444 g/mol. The van der Waals surface area contributed by atoms with Crippen molar-refractivity contribution in [1.82, 2.24) is 5.32 Å². The van der Waals surface area contributed by atoms with Crippen molar-refractivity contribution in [3.63, 3.8) is 0 Å². The Labute approximate surface area is 168 Å². The standard InChI is InChI=1S/C21H20N2O2SSe/c24-21(22-12-13-27-26-19-8-2-1-3-9-19)20(23-25)15-16-10-11-17-6-4-5-7-18(17)14-16/h1-11,14,25H,12-13,15H2,(H,22,24)/b23-20+. The molecule has 0 heterocycles. The van der Waals surface area contributed by atoms with Gasteiger partial charge in [0.1, 0.15) is 0 Å². The molecule has 6 heteroatoms. The Morgan fingerprint density at radius 2 is 1.74 bits per heavy atom. The summed E-state index contributed by atoms with van der Waals surface area (Å²) in [6, 6.07) is 24.3. The molecule has 0 aliphatic heterocycles. The fourth-order valence-corrected chi connectivity index (χ4v) is 5.99. The molecule has 3 rings (SSSR count). The summed E-state index contributed by atoms with van der Waals surface area (Å²) in [7, 11) is 1.82. The maximum atomic E-state index is 12.3. The molecule has 0 bridgehead atoms. The first-order valence-corrected chi connectivity index (χ1v) is 12.6. The van der Waals surface area contributed by atoms with E-state index < -0.39 is 0 Å². The number of amides is 1. The van der Waals surface area contributed by atoms with Crippen LogP contribution in [0.2, 0.25) is 5.32 Å². The van der Waals surface area contributed by atoms with Crippen LogP contribution in [-0.4, -0.2) is 37.2 Å². The molecular formula is C21H20N2O2SSe. The van der Waals surface area contributed by atoms with Crippen LogP contribution < -0.4 is 5.32 Å². The summed E-state index contributed by atoms with van der Waals surface area (Å²) >= 11 is 0.351. The predicted octanol–water partition coefficient (Wildman–Crippen LogP) is 4.16. The molecule has 0 spiro atoms. The molecule has 1 amide bonds. The van der Waals surface area contributed by atoms with Gasteiger partial charge in [-0.25, -0.2) is 0 Å². The van der Waals surface area contributed by atoms with Crippen molar-refractivity contribution in [2.24, 2.45) is 5.16 Å². The van der Waals surface area contributed by atoms with Crippen molar-refractivity contribution in [2.45, 2.75) is 16.6 Å². The molecule has 0 fully saturated rings. The number of carbonyl (C=O) groups is 1. The minimum absolute atomic E-state index is 0.133. The van der Waals surface area contributed by atoms with Crippen LogP contribution >= 0.6 is 10.2 Å². The second kappa shape index (κ2) is 10.2. The van der Waals surface area contributed by atoms with Crippen molar-refractivity contribution in [3.05, 3.63) is 78.4 Å². The fourth-order valence-electron chi connectivity index (χ4n) is 2.60. The van der Waals surface area contributed by atoms with Crippen LogP contribution in [-0.2, 0) is 11.2 Å². The number of fused-ring (bicyclic) bond motifs is 1. The van der Waals surface area contributed by atoms with Gasteiger partial charge in [0.05, 0.1) is 0 Å². The van der Waals surface area contributed by atoms with Gasteiger partial charge in [-0.2, -0.15) is 0 Å². The third-order valence-corrected chi connectivity index (χ3v) is 8.12. The summed E-state index contributed by atoms with van der Waals surface area (Å²) < 4.78 is 0. The zero-order valence-electron chi connectivity index (χ0n) is 14.7. The molecule has 3 aromatic rings. The number of nitrogens with one attached hydrogen (secondary N) is 1. The van der Waals surface area contributed by atoms with E-state index in [0.29, 0.717) is 26.8 Å². The molecule has 0 atom stereocenters. The van der Waals surface area contributed by atoms with E-state index >= 15 is 0 Å². The predicted molar refractivity (Wildman–Crippen MR) is 113 cm³/mol. The van der Waals surface area contributed by atoms with Gasteiger partial charge in [0, 0.05) is 0 Å². The van der Waals surface area contributed by atoms with Gasteiger partial charge in [-0.05, 0) is 0 Å². The molecule has 4 nitrogen and oxygen atoms in total. The molecule has 0 unspecified atom stereocenters. The van der Waals surface area contributed by atoms with Crippen molar-refractivity contribution in [1.29, 1.82) is 0 Å². The normalized spacial score (nSPS) is 11.5. The maximum absolute atomic E-state index is 12.3. The molecule has 0 radical (unpaired) electrons. The summed E-state index contributed by atoms with van der Waals surface area (Å²) in [5, 5.41) is 18.5. The Balaban J connectivity index is 1.47. The van der Waals surface area contributed by atoms with Gasteiger partial charge in [-0.15, -0.1) is 0 Å². The van der Waals surface area contributed by atoms with Gasteiger partial charge in [0.2, 0.25) is 0 Å². The van der Waals surface area contributed by atoms with E-state index in [1.54, 1.807) is 0 Å². The van der Waals surface area contributed by atoms with Gasteiger partial charge in [0.25, 0.3) is 0 Å². The number of rotatable bonds is 8. The van der Waals surface area contributed by atoms with E-state index in [4.69, 9.17) is 0 Å². The van der Waals surface area contributed by atoms with Gasteiger partial charge >= 0.3 is 168 Å². The number of hydrogen-bond donors (Lipinski definition) is 2. The van der Waals surface area contributed by atoms with Crippen LogP contribution in [0, 0.1) is 0 Å². The summed E-state index contributed by atoms with van der Waals surface area (Å²) in [6.07, 6.45) is 0.303. The van der Waals surface area contributed by atoms with Crippen LogP contribution in [0.5, 0.6) is 0 Å². The first-order chi connectivity index (χ1) is 13.3. The zero-order valence-corrected chi connectivity index (χ0v) is 17.2. The molecule has 3 aromatic carbocycles. The van der Waals surface area contributed by atoms with Crippen LogP contribution in [0.3, 0.4) is 0 Å². The van der Waals surface area contributed by atoms with Gasteiger partial charge < -0.3 is 0 Å². The van der Waals surface area contributed by atoms with Crippen LogP contribution in [0.25, 0.3) is 10.8 Å². The van der Waals surface area contributed by atoms with Gasteiger partial charge in [-0.3, -0.25) is 0 Å².